The Hall–Kier alpha value is -3.61. The normalized spacial score (nSPS) is 10.8. The molecule has 4 aromatic carbocycles. The van der Waals surface area contributed by atoms with Crippen LogP contribution < -0.4 is 14.9 Å². The zero-order valence-corrected chi connectivity index (χ0v) is 21.0. The maximum Gasteiger partial charge on any atom is 0.275 e. The fourth-order valence-corrected chi connectivity index (χ4v) is 3.93. The molecule has 0 radical (unpaired) electrons. The van der Waals surface area contributed by atoms with Gasteiger partial charge in [-0.25, -0.2) is 5.43 Å². The SMILES string of the molecule is O=C(N/N=C/c1ccc(OCc2ccccc2)c(Br)c1)c1ccccc1OCc1ccccc1Cl. The number of carbonyl (C=O) groups excluding carboxylic acids is 1. The van der Waals surface area contributed by atoms with E-state index in [-0.39, 0.29) is 12.5 Å². The van der Waals surface area contributed by atoms with Crippen molar-refractivity contribution < 1.29 is 14.3 Å². The molecule has 0 unspecified atom stereocenters. The largest absolute Gasteiger partial charge is 0.488 e. The molecule has 0 fully saturated rings. The monoisotopic (exact) mass is 548 g/mol. The van der Waals surface area contributed by atoms with Crippen LogP contribution in [0.1, 0.15) is 27.0 Å². The van der Waals surface area contributed by atoms with Crippen LogP contribution in [0.2, 0.25) is 5.02 Å². The van der Waals surface area contributed by atoms with Gasteiger partial charge >= 0.3 is 0 Å². The number of hydrogen-bond donors (Lipinski definition) is 1. The van der Waals surface area contributed by atoms with Gasteiger partial charge in [0.15, 0.2) is 0 Å². The summed E-state index contributed by atoms with van der Waals surface area (Å²) in [5, 5.41) is 4.71. The zero-order chi connectivity index (χ0) is 24.5. The number of nitrogens with zero attached hydrogens (tertiary/aromatic N) is 1. The van der Waals surface area contributed by atoms with Crippen LogP contribution in [0.5, 0.6) is 11.5 Å². The third-order valence-electron chi connectivity index (χ3n) is 5.05. The van der Waals surface area contributed by atoms with Gasteiger partial charge in [0.1, 0.15) is 24.7 Å². The van der Waals surface area contributed by atoms with Crippen molar-refractivity contribution in [2.45, 2.75) is 13.2 Å². The third-order valence-corrected chi connectivity index (χ3v) is 6.03. The molecular weight excluding hydrogens is 528 g/mol. The van der Waals surface area contributed by atoms with Gasteiger partial charge in [-0.05, 0) is 63.5 Å². The molecule has 0 spiro atoms. The molecule has 7 heteroatoms. The molecule has 4 rings (SSSR count). The summed E-state index contributed by atoms with van der Waals surface area (Å²) in [6, 6.07) is 30.0. The van der Waals surface area contributed by atoms with Gasteiger partial charge in [0.05, 0.1) is 16.3 Å². The first kappa shape index (κ1) is 24.5. The summed E-state index contributed by atoms with van der Waals surface area (Å²) in [7, 11) is 0. The number of benzene rings is 4. The lowest BCUT2D eigenvalue weighted by Crippen LogP contribution is -2.18. The van der Waals surface area contributed by atoms with Crippen LogP contribution in [0.4, 0.5) is 0 Å². The molecule has 1 N–H and O–H groups in total. The van der Waals surface area contributed by atoms with Crippen molar-refractivity contribution in [3.05, 3.63) is 129 Å². The fourth-order valence-electron chi connectivity index (χ4n) is 3.23. The van der Waals surface area contributed by atoms with Gasteiger partial charge in [0, 0.05) is 10.6 Å². The van der Waals surface area contributed by atoms with Crippen LogP contribution in [0, 0.1) is 0 Å². The smallest absolute Gasteiger partial charge is 0.275 e. The van der Waals surface area contributed by atoms with E-state index in [0.29, 0.717) is 22.9 Å². The first-order chi connectivity index (χ1) is 17.1. The van der Waals surface area contributed by atoms with Crippen molar-refractivity contribution in [1.82, 2.24) is 5.43 Å². The van der Waals surface area contributed by atoms with Crippen LogP contribution >= 0.6 is 27.5 Å². The van der Waals surface area contributed by atoms with E-state index in [2.05, 4.69) is 26.5 Å². The second-order valence-corrected chi connectivity index (χ2v) is 8.80. The molecule has 0 saturated carbocycles. The topological polar surface area (TPSA) is 59.9 Å². The number of ether oxygens (including phenoxy) is 2. The third kappa shape index (κ3) is 6.94. The Labute approximate surface area is 217 Å². The predicted octanol–water partition coefficient (Wildman–Crippen LogP) is 7.02. The van der Waals surface area contributed by atoms with E-state index in [1.165, 1.54) is 0 Å². The van der Waals surface area contributed by atoms with E-state index in [0.717, 1.165) is 26.9 Å². The minimum absolute atomic E-state index is 0.250. The minimum atomic E-state index is -0.377. The van der Waals surface area contributed by atoms with Crippen LogP contribution in [0.3, 0.4) is 0 Å². The van der Waals surface area contributed by atoms with Crippen molar-refractivity contribution in [3.8, 4) is 11.5 Å². The molecular formula is C28H22BrClN2O3. The van der Waals surface area contributed by atoms with Crippen molar-refractivity contribution in [2.24, 2.45) is 5.10 Å². The molecule has 0 aliphatic carbocycles. The predicted molar refractivity (Wildman–Crippen MR) is 142 cm³/mol. The molecule has 176 valence electrons. The zero-order valence-electron chi connectivity index (χ0n) is 18.7. The summed E-state index contributed by atoms with van der Waals surface area (Å²) < 4.78 is 12.5. The highest BCUT2D eigenvalue weighted by atomic mass is 79.9. The number of hydrazone groups is 1. The molecule has 0 heterocycles. The lowest BCUT2D eigenvalue weighted by Gasteiger charge is -2.11. The maximum absolute atomic E-state index is 12.7. The van der Waals surface area contributed by atoms with Gasteiger partial charge in [-0.15, -0.1) is 0 Å². The number of nitrogens with one attached hydrogen (secondary N) is 1. The number of carbonyl (C=O) groups is 1. The number of rotatable bonds is 9. The van der Waals surface area contributed by atoms with E-state index >= 15 is 0 Å². The summed E-state index contributed by atoms with van der Waals surface area (Å²) in [6.07, 6.45) is 1.57. The molecule has 5 nitrogen and oxygen atoms in total. The number of para-hydroxylation sites is 1. The Morgan fingerprint density at radius 3 is 2.37 bits per heavy atom. The average Bonchev–Trinajstić information content (AvgIpc) is 2.88. The van der Waals surface area contributed by atoms with Gasteiger partial charge in [-0.3, -0.25) is 4.79 Å². The van der Waals surface area contributed by atoms with Gasteiger partial charge < -0.3 is 9.47 Å². The number of amides is 1. The maximum atomic E-state index is 12.7. The van der Waals surface area contributed by atoms with Gasteiger partial charge in [0.2, 0.25) is 0 Å². The molecule has 0 aromatic heterocycles. The molecule has 0 aliphatic rings. The highest BCUT2D eigenvalue weighted by Crippen LogP contribution is 2.26. The Kier molecular flexibility index (Phi) is 8.54. The summed E-state index contributed by atoms with van der Waals surface area (Å²) >= 11 is 9.73. The Morgan fingerprint density at radius 2 is 1.57 bits per heavy atom. The summed E-state index contributed by atoms with van der Waals surface area (Å²) in [5.41, 5.74) is 5.66. The Balaban J connectivity index is 1.35. The fraction of sp³-hybridized carbons (Fsp3) is 0.0714. The molecule has 0 atom stereocenters. The second kappa shape index (κ2) is 12.2. The van der Waals surface area contributed by atoms with Gasteiger partial charge in [0.25, 0.3) is 5.91 Å². The Bertz CT molecular complexity index is 1330. The molecule has 4 aromatic rings. The lowest BCUT2D eigenvalue weighted by atomic mass is 10.2. The first-order valence-electron chi connectivity index (χ1n) is 10.8. The molecule has 35 heavy (non-hydrogen) atoms. The average molecular weight is 550 g/mol. The molecule has 0 saturated heterocycles. The van der Waals surface area contributed by atoms with Gasteiger partial charge in [-0.2, -0.15) is 5.10 Å². The summed E-state index contributed by atoms with van der Waals surface area (Å²) in [6.45, 7) is 0.723. The highest BCUT2D eigenvalue weighted by molar-refractivity contribution is 9.10. The van der Waals surface area contributed by atoms with Crippen LogP contribution in [-0.2, 0) is 13.2 Å². The van der Waals surface area contributed by atoms with Crippen molar-refractivity contribution >= 4 is 39.7 Å². The van der Waals surface area contributed by atoms with Crippen LogP contribution in [0.15, 0.2) is 107 Å². The van der Waals surface area contributed by atoms with E-state index < -0.39 is 0 Å². The van der Waals surface area contributed by atoms with Crippen molar-refractivity contribution in [3.63, 3.8) is 0 Å². The molecule has 0 bridgehead atoms. The van der Waals surface area contributed by atoms with E-state index in [1.807, 2.05) is 66.7 Å². The minimum Gasteiger partial charge on any atom is -0.488 e. The quantitative estimate of drug-likeness (QED) is 0.180. The lowest BCUT2D eigenvalue weighted by molar-refractivity contribution is 0.0950. The molecule has 0 aliphatic heterocycles. The van der Waals surface area contributed by atoms with Crippen molar-refractivity contribution in [2.75, 3.05) is 0 Å². The standard InChI is InChI=1S/C28H22BrClN2O3/c29-24-16-21(14-15-27(24)34-18-20-8-2-1-3-9-20)17-31-32-28(33)23-11-5-7-13-26(23)35-19-22-10-4-6-12-25(22)30/h1-17H,18-19H2,(H,32,33)/b31-17+. The van der Waals surface area contributed by atoms with E-state index in [1.54, 1.807) is 36.5 Å². The summed E-state index contributed by atoms with van der Waals surface area (Å²) in [4.78, 5) is 12.7. The number of halogens is 2. The second-order valence-electron chi connectivity index (χ2n) is 7.54. The van der Waals surface area contributed by atoms with Crippen LogP contribution in [0.25, 0.3) is 0 Å². The summed E-state index contributed by atoms with van der Waals surface area (Å²) in [5.74, 6) is 0.792. The van der Waals surface area contributed by atoms with E-state index in [4.69, 9.17) is 21.1 Å². The van der Waals surface area contributed by atoms with Crippen molar-refractivity contribution in [1.29, 1.82) is 0 Å². The van der Waals surface area contributed by atoms with Gasteiger partial charge in [-0.1, -0.05) is 72.3 Å². The molecule has 1 amide bonds. The number of hydrogen-bond acceptors (Lipinski definition) is 4. The van der Waals surface area contributed by atoms with E-state index in [9.17, 15) is 4.79 Å². The Morgan fingerprint density at radius 1 is 0.857 bits per heavy atom. The highest BCUT2D eigenvalue weighted by Gasteiger charge is 2.12. The van der Waals surface area contributed by atoms with Crippen LogP contribution in [-0.4, -0.2) is 12.1 Å². The first-order valence-corrected chi connectivity index (χ1v) is 12.0.